The zero-order valence-corrected chi connectivity index (χ0v) is 14.7. The quantitative estimate of drug-likeness (QED) is 0.832. The van der Waals surface area contributed by atoms with Gasteiger partial charge in [0, 0.05) is 6.20 Å². The Bertz CT molecular complexity index is 925. The minimum absolute atomic E-state index is 0.0628. The third-order valence-electron chi connectivity index (χ3n) is 4.43. The van der Waals surface area contributed by atoms with Crippen LogP contribution in [0.15, 0.2) is 48.6 Å². The summed E-state index contributed by atoms with van der Waals surface area (Å²) in [7, 11) is 0. The highest BCUT2D eigenvalue weighted by atomic mass is 16.5. The van der Waals surface area contributed by atoms with Crippen LogP contribution in [-0.4, -0.2) is 16.0 Å². The second-order valence-electron chi connectivity index (χ2n) is 6.43. The number of carbonyl (C=O) groups excluding carboxylic acids is 1. The molecule has 1 aromatic heterocycles. The van der Waals surface area contributed by atoms with Crippen molar-refractivity contribution >= 4 is 17.7 Å². The fourth-order valence-corrected chi connectivity index (χ4v) is 3.17. The number of Topliss-reactive ketones (excluding diaryl/α,β-unsaturated/α-hetero) is 1. The summed E-state index contributed by atoms with van der Waals surface area (Å²) in [6.45, 7) is 9.35. The van der Waals surface area contributed by atoms with E-state index in [0.29, 0.717) is 11.5 Å². The predicted molar refractivity (Wildman–Crippen MR) is 98.3 cm³/mol. The van der Waals surface area contributed by atoms with Crippen LogP contribution >= 0.6 is 0 Å². The van der Waals surface area contributed by atoms with E-state index in [1.54, 1.807) is 20.0 Å². The summed E-state index contributed by atoms with van der Waals surface area (Å²) < 4.78 is 7.78. The molecule has 0 fully saturated rings. The average Bonchev–Trinajstić information content (AvgIpc) is 3.10. The van der Waals surface area contributed by atoms with Crippen molar-refractivity contribution in [3.63, 3.8) is 0 Å². The number of benzene rings is 1. The van der Waals surface area contributed by atoms with Gasteiger partial charge in [0.1, 0.15) is 11.6 Å². The Kier molecular flexibility index (Phi) is 4.10. The predicted octanol–water partition coefficient (Wildman–Crippen LogP) is 4.43. The highest BCUT2D eigenvalue weighted by Crippen LogP contribution is 2.39. The number of aromatic nitrogens is 1. The van der Waals surface area contributed by atoms with Crippen LogP contribution in [0.25, 0.3) is 23.2 Å². The molecule has 1 aliphatic heterocycles. The summed E-state index contributed by atoms with van der Waals surface area (Å²) in [6, 6.07) is 14.0. The lowest BCUT2D eigenvalue weighted by Crippen LogP contribution is -2.29. The van der Waals surface area contributed by atoms with Gasteiger partial charge in [0.05, 0.1) is 11.4 Å². The van der Waals surface area contributed by atoms with Crippen molar-refractivity contribution in [3.05, 3.63) is 59.8 Å². The first kappa shape index (κ1) is 16.8. The van der Waals surface area contributed by atoms with E-state index in [9.17, 15) is 10.1 Å². The Labute approximate surface area is 147 Å². The minimum atomic E-state index is -1.03. The van der Waals surface area contributed by atoms with E-state index in [0.717, 1.165) is 23.2 Å². The molecule has 0 atom stereocenters. The van der Waals surface area contributed by atoms with E-state index in [-0.39, 0.29) is 11.4 Å². The molecule has 4 nitrogen and oxygen atoms in total. The molecule has 0 bridgehead atoms. The molecule has 0 saturated carbocycles. The number of ketones is 1. The number of nitriles is 1. The van der Waals surface area contributed by atoms with Crippen molar-refractivity contribution in [2.75, 3.05) is 0 Å². The molecule has 25 heavy (non-hydrogen) atoms. The van der Waals surface area contributed by atoms with E-state index >= 15 is 0 Å². The van der Waals surface area contributed by atoms with Crippen LogP contribution in [0.1, 0.15) is 32.0 Å². The van der Waals surface area contributed by atoms with Crippen LogP contribution in [0.5, 0.6) is 0 Å². The van der Waals surface area contributed by atoms with Crippen molar-refractivity contribution in [1.82, 2.24) is 4.57 Å². The molecular weight excluding hydrogens is 312 g/mol. The zero-order chi connectivity index (χ0) is 18.2. The summed E-state index contributed by atoms with van der Waals surface area (Å²) in [4.78, 5) is 12.4. The van der Waals surface area contributed by atoms with E-state index in [2.05, 4.69) is 13.5 Å². The summed E-state index contributed by atoms with van der Waals surface area (Å²) in [5, 5.41) is 9.47. The Hall–Kier alpha value is -3.06. The van der Waals surface area contributed by atoms with E-state index < -0.39 is 5.60 Å². The molecule has 0 N–H and O–H groups in total. The Morgan fingerprint density at radius 1 is 1.32 bits per heavy atom. The number of aryl methyl sites for hydroxylation is 1. The standard InChI is InChI=1S/C21H20N2O2/c1-5-14-12-17(19-16(13-22)20(24)21(3,4)25-19)23(6-2)18(14)15-10-8-7-9-11-15/h6-12H,2,5H2,1,3-4H3. The largest absolute Gasteiger partial charge is 0.476 e. The van der Waals surface area contributed by atoms with Crippen LogP contribution < -0.4 is 0 Å². The van der Waals surface area contributed by atoms with Crippen LogP contribution in [0.2, 0.25) is 0 Å². The van der Waals surface area contributed by atoms with Gasteiger partial charge in [-0.1, -0.05) is 43.8 Å². The lowest BCUT2D eigenvalue weighted by atomic mass is 10.00. The molecule has 0 unspecified atom stereocenters. The summed E-state index contributed by atoms with van der Waals surface area (Å²) in [6.07, 6.45) is 2.50. The van der Waals surface area contributed by atoms with Crippen LogP contribution in [0, 0.1) is 11.3 Å². The maximum atomic E-state index is 12.4. The van der Waals surface area contributed by atoms with Gasteiger partial charge in [-0.2, -0.15) is 5.26 Å². The Morgan fingerprint density at radius 2 is 2.00 bits per heavy atom. The molecule has 0 spiro atoms. The van der Waals surface area contributed by atoms with Gasteiger partial charge >= 0.3 is 0 Å². The fourth-order valence-electron chi connectivity index (χ4n) is 3.17. The first-order valence-electron chi connectivity index (χ1n) is 8.25. The smallest absolute Gasteiger partial charge is 0.220 e. The monoisotopic (exact) mass is 332 g/mol. The molecule has 0 amide bonds. The van der Waals surface area contributed by atoms with Crippen molar-refractivity contribution in [1.29, 1.82) is 5.26 Å². The zero-order valence-electron chi connectivity index (χ0n) is 14.7. The maximum absolute atomic E-state index is 12.4. The number of rotatable bonds is 4. The van der Waals surface area contributed by atoms with Gasteiger partial charge < -0.3 is 9.30 Å². The minimum Gasteiger partial charge on any atom is -0.476 e. The number of ether oxygens (including phenoxy) is 1. The number of hydrogen-bond donors (Lipinski definition) is 0. The van der Waals surface area contributed by atoms with Gasteiger partial charge in [0.25, 0.3) is 0 Å². The summed E-state index contributed by atoms with van der Waals surface area (Å²) >= 11 is 0. The van der Waals surface area contributed by atoms with E-state index in [4.69, 9.17) is 4.74 Å². The Morgan fingerprint density at radius 3 is 2.56 bits per heavy atom. The molecule has 1 aromatic carbocycles. The normalized spacial score (nSPS) is 15.8. The summed E-state index contributed by atoms with van der Waals surface area (Å²) in [5.41, 5.74) is 2.86. The third kappa shape index (κ3) is 2.58. The molecular formula is C21H20N2O2. The van der Waals surface area contributed by atoms with Crippen molar-refractivity contribution < 1.29 is 9.53 Å². The van der Waals surface area contributed by atoms with Crippen molar-refractivity contribution in [2.24, 2.45) is 0 Å². The first-order chi connectivity index (χ1) is 11.9. The average molecular weight is 332 g/mol. The van der Waals surface area contributed by atoms with Gasteiger partial charge in [-0.25, -0.2) is 0 Å². The van der Waals surface area contributed by atoms with Crippen LogP contribution in [-0.2, 0) is 16.0 Å². The van der Waals surface area contributed by atoms with Crippen LogP contribution in [0.4, 0.5) is 0 Å². The van der Waals surface area contributed by atoms with Gasteiger partial charge in [0.15, 0.2) is 11.4 Å². The molecule has 0 radical (unpaired) electrons. The topological polar surface area (TPSA) is 55.0 Å². The van der Waals surface area contributed by atoms with Gasteiger partial charge in [0.2, 0.25) is 5.78 Å². The molecule has 3 rings (SSSR count). The molecule has 2 heterocycles. The first-order valence-corrected chi connectivity index (χ1v) is 8.25. The second kappa shape index (κ2) is 6.10. The number of nitrogens with zero attached hydrogens (tertiary/aromatic N) is 2. The number of hydrogen-bond acceptors (Lipinski definition) is 3. The molecule has 4 heteroatoms. The molecule has 1 aliphatic rings. The lowest BCUT2D eigenvalue weighted by Gasteiger charge is -2.18. The third-order valence-corrected chi connectivity index (χ3v) is 4.43. The van der Waals surface area contributed by atoms with Crippen molar-refractivity contribution in [3.8, 4) is 17.3 Å². The second-order valence-corrected chi connectivity index (χ2v) is 6.43. The SMILES string of the molecule is C=Cn1c(C2=C(C#N)C(=O)C(C)(C)O2)cc(CC)c1-c1ccccc1. The lowest BCUT2D eigenvalue weighted by molar-refractivity contribution is -0.126. The summed E-state index contributed by atoms with van der Waals surface area (Å²) in [5.74, 6) is 0.0374. The number of carbonyl (C=O) groups is 1. The Balaban J connectivity index is 2.28. The van der Waals surface area contributed by atoms with E-state index in [1.165, 1.54) is 0 Å². The molecule has 126 valence electrons. The fraction of sp³-hybridized carbons (Fsp3) is 0.238. The van der Waals surface area contributed by atoms with Gasteiger partial charge in [-0.3, -0.25) is 4.79 Å². The molecule has 0 aliphatic carbocycles. The van der Waals surface area contributed by atoms with Gasteiger partial charge in [-0.05, 0) is 37.5 Å². The highest BCUT2D eigenvalue weighted by Gasteiger charge is 2.43. The van der Waals surface area contributed by atoms with Crippen LogP contribution in [0.3, 0.4) is 0 Å². The maximum Gasteiger partial charge on any atom is 0.220 e. The van der Waals surface area contributed by atoms with Crippen molar-refractivity contribution in [2.45, 2.75) is 32.8 Å². The molecule has 2 aromatic rings. The van der Waals surface area contributed by atoms with Gasteiger partial charge in [-0.15, -0.1) is 0 Å². The molecule has 0 saturated heterocycles. The van der Waals surface area contributed by atoms with E-state index in [1.807, 2.05) is 47.0 Å². The highest BCUT2D eigenvalue weighted by molar-refractivity contribution is 6.13.